The lowest BCUT2D eigenvalue weighted by Gasteiger charge is -2.31. The smallest absolute Gasteiger partial charge is 0.378 e. The summed E-state index contributed by atoms with van der Waals surface area (Å²) in [6.07, 6.45) is -4.57. The highest BCUT2D eigenvalue weighted by Gasteiger charge is 2.32. The Labute approximate surface area is 172 Å². The Morgan fingerprint density at radius 2 is 1.65 bits per heavy atom. The van der Waals surface area contributed by atoms with Crippen molar-refractivity contribution in [2.24, 2.45) is 0 Å². The van der Waals surface area contributed by atoms with Crippen LogP contribution in [0.2, 0.25) is 0 Å². The van der Waals surface area contributed by atoms with Crippen molar-refractivity contribution < 1.29 is 22.7 Å². The van der Waals surface area contributed by atoms with E-state index in [1.165, 1.54) is 24.3 Å². The van der Waals surface area contributed by atoms with Crippen molar-refractivity contribution in [2.45, 2.75) is 6.18 Å². The van der Waals surface area contributed by atoms with Gasteiger partial charge in [0.15, 0.2) is 0 Å². The first-order valence-corrected chi connectivity index (χ1v) is 9.34. The van der Waals surface area contributed by atoms with Crippen molar-refractivity contribution >= 4 is 28.3 Å². The molecule has 11 heteroatoms. The van der Waals surface area contributed by atoms with Gasteiger partial charge in [-0.15, -0.1) is 0 Å². The number of aromatic nitrogens is 2. The molecule has 4 rings (SSSR count). The molecule has 31 heavy (non-hydrogen) atoms. The molecule has 8 nitrogen and oxygen atoms in total. The van der Waals surface area contributed by atoms with Gasteiger partial charge >= 0.3 is 17.3 Å². The average Bonchev–Trinajstić information content (AvgIpc) is 2.74. The lowest BCUT2D eigenvalue weighted by molar-refractivity contribution is -0.137. The minimum Gasteiger partial charge on any atom is -0.378 e. The number of H-pyrrole nitrogens is 2. The fourth-order valence-corrected chi connectivity index (χ4v) is 3.34. The van der Waals surface area contributed by atoms with E-state index >= 15 is 0 Å². The number of nitrogens with one attached hydrogen (secondary N) is 3. The summed E-state index contributed by atoms with van der Waals surface area (Å²) in [5, 5.41) is 2.54. The molecular weight excluding hydrogens is 417 g/mol. The predicted molar refractivity (Wildman–Crippen MR) is 108 cm³/mol. The molecule has 0 radical (unpaired) electrons. The highest BCUT2D eigenvalue weighted by atomic mass is 19.4. The summed E-state index contributed by atoms with van der Waals surface area (Å²) in [7, 11) is 0. The largest absolute Gasteiger partial charge is 0.416 e. The summed E-state index contributed by atoms with van der Waals surface area (Å²) in [5.41, 5.74) is -1.51. The third kappa shape index (κ3) is 4.31. The van der Waals surface area contributed by atoms with Gasteiger partial charge in [-0.2, -0.15) is 13.2 Å². The lowest BCUT2D eigenvalue weighted by atomic mass is 10.1. The van der Waals surface area contributed by atoms with Crippen molar-refractivity contribution in [1.82, 2.24) is 9.97 Å². The minimum atomic E-state index is -4.57. The van der Waals surface area contributed by atoms with E-state index in [1.54, 1.807) is 0 Å². The van der Waals surface area contributed by atoms with Crippen LogP contribution in [0.15, 0.2) is 46.0 Å². The fraction of sp³-hybridized carbons (Fsp3) is 0.250. The summed E-state index contributed by atoms with van der Waals surface area (Å²) >= 11 is 0. The molecule has 3 N–H and O–H groups in total. The van der Waals surface area contributed by atoms with Crippen LogP contribution in [0.4, 0.5) is 24.5 Å². The van der Waals surface area contributed by atoms with Crippen molar-refractivity contribution in [3.05, 3.63) is 68.2 Å². The molecule has 1 saturated heterocycles. The Hall–Kier alpha value is -3.60. The number of hydrogen-bond donors (Lipinski definition) is 3. The summed E-state index contributed by atoms with van der Waals surface area (Å²) in [5.74, 6) is -0.664. The number of aromatic amines is 2. The number of hydrogen-bond acceptors (Lipinski definition) is 5. The van der Waals surface area contributed by atoms with Gasteiger partial charge in [0.2, 0.25) is 0 Å². The van der Waals surface area contributed by atoms with E-state index in [9.17, 15) is 27.6 Å². The van der Waals surface area contributed by atoms with Crippen LogP contribution in [0.1, 0.15) is 15.9 Å². The van der Waals surface area contributed by atoms with Crippen LogP contribution in [0.25, 0.3) is 11.0 Å². The molecule has 2 heterocycles. The molecule has 1 aliphatic rings. The molecule has 1 aromatic heterocycles. The van der Waals surface area contributed by atoms with Gasteiger partial charge in [-0.3, -0.25) is 14.4 Å². The maximum Gasteiger partial charge on any atom is 0.416 e. The second-order valence-corrected chi connectivity index (χ2v) is 6.95. The van der Waals surface area contributed by atoms with Crippen LogP contribution in [0.3, 0.4) is 0 Å². The van der Waals surface area contributed by atoms with Crippen molar-refractivity contribution in [1.29, 1.82) is 0 Å². The van der Waals surface area contributed by atoms with Crippen molar-refractivity contribution in [3.8, 4) is 0 Å². The third-order valence-corrected chi connectivity index (χ3v) is 4.91. The molecule has 1 amide bonds. The van der Waals surface area contributed by atoms with Gasteiger partial charge in [0.1, 0.15) is 0 Å². The van der Waals surface area contributed by atoms with Gasteiger partial charge in [0, 0.05) is 18.7 Å². The number of halogens is 3. The molecule has 2 aromatic carbocycles. The van der Waals surface area contributed by atoms with Crippen LogP contribution in [0.5, 0.6) is 0 Å². The quantitative estimate of drug-likeness (QED) is 0.549. The normalized spacial score (nSPS) is 14.6. The minimum absolute atomic E-state index is 0.0109. The molecular formula is C20H17F3N4O4. The average molecular weight is 434 g/mol. The zero-order valence-corrected chi connectivity index (χ0v) is 16.0. The number of fused-ring (bicyclic) bond motifs is 1. The molecule has 0 aliphatic carbocycles. The van der Waals surface area contributed by atoms with Crippen LogP contribution in [-0.4, -0.2) is 42.2 Å². The van der Waals surface area contributed by atoms with E-state index in [2.05, 4.69) is 15.3 Å². The number of alkyl halides is 3. The predicted octanol–water partition coefficient (Wildman–Crippen LogP) is 2.32. The molecule has 0 saturated carbocycles. The number of carbonyl (C=O) groups is 1. The number of amides is 1. The number of carbonyl (C=O) groups excluding carboxylic acids is 1. The van der Waals surface area contributed by atoms with E-state index in [0.29, 0.717) is 37.5 Å². The Morgan fingerprint density at radius 1 is 0.968 bits per heavy atom. The van der Waals surface area contributed by atoms with E-state index in [1.807, 2.05) is 4.90 Å². The number of ether oxygens (including phenoxy) is 1. The van der Waals surface area contributed by atoms with Crippen LogP contribution >= 0.6 is 0 Å². The maximum absolute atomic E-state index is 13.2. The molecule has 1 aliphatic heterocycles. The molecule has 162 valence electrons. The standard InChI is InChI=1S/C20H17F3N4O4/c21-20(22,23)12-2-4-16(27-5-7-31-8-6-27)15(10-12)26-17(28)11-1-3-13-14(9-11)25-19(30)18(29)24-13/h1-4,9-10H,5-8H2,(H,24,29)(H,25,30)(H,26,28). The van der Waals surface area contributed by atoms with Gasteiger partial charge in [0.25, 0.3) is 5.91 Å². The maximum atomic E-state index is 13.2. The number of anilines is 2. The lowest BCUT2D eigenvalue weighted by Crippen LogP contribution is -2.36. The first-order valence-electron chi connectivity index (χ1n) is 9.34. The van der Waals surface area contributed by atoms with E-state index < -0.39 is 28.8 Å². The Kier molecular flexibility index (Phi) is 5.27. The van der Waals surface area contributed by atoms with E-state index in [0.717, 1.165) is 12.1 Å². The number of morpholine rings is 1. The molecule has 3 aromatic rings. The molecule has 0 bridgehead atoms. The Bertz CT molecular complexity index is 1260. The molecule has 0 unspecified atom stereocenters. The molecule has 0 spiro atoms. The second-order valence-electron chi connectivity index (χ2n) is 6.95. The van der Waals surface area contributed by atoms with E-state index in [4.69, 9.17) is 4.74 Å². The molecule has 1 fully saturated rings. The SMILES string of the molecule is O=C(Nc1cc(C(F)(F)F)ccc1N1CCOCC1)c1ccc2[nH]c(=O)c(=O)[nH]c2c1. The van der Waals surface area contributed by atoms with Gasteiger partial charge in [-0.1, -0.05) is 0 Å². The monoisotopic (exact) mass is 434 g/mol. The fourth-order valence-electron chi connectivity index (χ4n) is 3.34. The third-order valence-electron chi connectivity index (χ3n) is 4.91. The second kappa shape index (κ2) is 7.91. The first kappa shape index (κ1) is 20.7. The van der Waals surface area contributed by atoms with Gasteiger partial charge in [-0.05, 0) is 36.4 Å². The van der Waals surface area contributed by atoms with Gasteiger partial charge < -0.3 is 24.9 Å². The van der Waals surface area contributed by atoms with Gasteiger partial charge in [0.05, 0.1) is 41.2 Å². The summed E-state index contributed by atoms with van der Waals surface area (Å²) in [4.78, 5) is 42.3. The van der Waals surface area contributed by atoms with Gasteiger partial charge in [-0.25, -0.2) is 0 Å². The summed E-state index contributed by atoms with van der Waals surface area (Å²) in [6, 6.07) is 7.35. The Morgan fingerprint density at radius 3 is 2.32 bits per heavy atom. The summed E-state index contributed by atoms with van der Waals surface area (Å²) in [6.45, 7) is 1.78. The zero-order chi connectivity index (χ0) is 22.2. The van der Waals surface area contributed by atoms with Crippen LogP contribution in [0, 0.1) is 0 Å². The first-order chi connectivity index (χ1) is 14.7. The number of benzene rings is 2. The van der Waals surface area contributed by atoms with Crippen LogP contribution < -0.4 is 21.3 Å². The van der Waals surface area contributed by atoms with Crippen LogP contribution in [-0.2, 0) is 10.9 Å². The summed E-state index contributed by atoms with van der Waals surface area (Å²) < 4.78 is 45.0. The Balaban J connectivity index is 1.70. The molecule has 0 atom stereocenters. The van der Waals surface area contributed by atoms with E-state index in [-0.39, 0.29) is 16.8 Å². The highest BCUT2D eigenvalue weighted by molar-refractivity contribution is 6.07. The zero-order valence-electron chi connectivity index (χ0n) is 16.0. The number of rotatable bonds is 3. The number of nitrogens with zero attached hydrogens (tertiary/aromatic N) is 1. The highest BCUT2D eigenvalue weighted by Crippen LogP contribution is 2.36. The van der Waals surface area contributed by atoms with Crippen molar-refractivity contribution in [2.75, 3.05) is 36.5 Å². The topological polar surface area (TPSA) is 107 Å². The van der Waals surface area contributed by atoms with Crippen molar-refractivity contribution in [3.63, 3.8) is 0 Å².